The van der Waals surface area contributed by atoms with Crippen molar-refractivity contribution in [2.75, 3.05) is 6.54 Å². The molecule has 0 aliphatic carbocycles. The highest BCUT2D eigenvalue weighted by molar-refractivity contribution is 5.93. The van der Waals surface area contributed by atoms with E-state index in [2.05, 4.69) is 5.32 Å². The molecule has 5 heteroatoms. The van der Waals surface area contributed by atoms with Crippen molar-refractivity contribution in [2.45, 2.75) is 6.04 Å². The van der Waals surface area contributed by atoms with Gasteiger partial charge < -0.3 is 16.8 Å². The maximum Gasteiger partial charge on any atom is 0.237 e. The fourth-order valence-corrected chi connectivity index (χ4v) is 0.941. The minimum absolute atomic E-state index is 0.0224. The Kier molecular flexibility index (Phi) is 1.58. The summed E-state index contributed by atoms with van der Waals surface area (Å²) in [5.41, 5.74) is 10.6. The van der Waals surface area contributed by atoms with Crippen LogP contribution in [0.1, 0.15) is 0 Å². The molecule has 2 atom stereocenters. The normalized spacial score (nSPS) is 31.9. The molecule has 5 nitrogen and oxygen atoms in total. The Morgan fingerprint density at radius 1 is 1.80 bits per heavy atom. The van der Waals surface area contributed by atoms with Gasteiger partial charge in [0.2, 0.25) is 5.91 Å². The summed E-state index contributed by atoms with van der Waals surface area (Å²) in [5.74, 6) is -0.557. The molecule has 1 amide bonds. The lowest BCUT2D eigenvalue weighted by Gasteiger charge is -2.08. The maximum absolute atomic E-state index is 10.7. The summed E-state index contributed by atoms with van der Waals surface area (Å²) in [6.07, 6.45) is 0. The zero-order valence-corrected chi connectivity index (χ0v) is 5.42. The van der Waals surface area contributed by atoms with Crippen LogP contribution in [0.5, 0.6) is 0 Å². The Balaban J connectivity index is 2.66. The molecule has 0 radical (unpaired) electrons. The molecular weight excluding hydrogens is 132 g/mol. The van der Waals surface area contributed by atoms with Crippen LogP contribution in [0, 0.1) is 11.3 Å². The zero-order valence-electron chi connectivity index (χ0n) is 5.42. The molecule has 0 aromatic rings. The summed E-state index contributed by atoms with van der Waals surface area (Å²) in [5, 5.41) is 9.53. The molecule has 6 N–H and O–H groups in total. The molecular formula is C5H10N4O. The first-order valence-electron chi connectivity index (χ1n) is 3.00. The molecule has 0 aromatic heterocycles. The largest absolute Gasteiger partial charge is 0.387 e. The van der Waals surface area contributed by atoms with Crippen LogP contribution in [0.3, 0.4) is 0 Å². The van der Waals surface area contributed by atoms with Crippen molar-refractivity contribution in [2.24, 2.45) is 17.4 Å². The van der Waals surface area contributed by atoms with Crippen molar-refractivity contribution in [3.8, 4) is 0 Å². The molecule has 2 unspecified atom stereocenters. The number of hydrogen-bond donors (Lipinski definition) is 4. The summed E-state index contributed by atoms with van der Waals surface area (Å²) in [6, 6.07) is -0.627. The summed E-state index contributed by atoms with van der Waals surface area (Å²) < 4.78 is 0. The van der Waals surface area contributed by atoms with Gasteiger partial charge in [0.05, 0.1) is 17.8 Å². The zero-order chi connectivity index (χ0) is 7.72. The van der Waals surface area contributed by atoms with E-state index in [0.717, 1.165) is 0 Å². The Morgan fingerprint density at radius 2 is 2.40 bits per heavy atom. The lowest BCUT2D eigenvalue weighted by Crippen LogP contribution is -2.39. The molecule has 0 spiro atoms. The van der Waals surface area contributed by atoms with Crippen LogP contribution >= 0.6 is 0 Å². The third-order valence-corrected chi connectivity index (χ3v) is 1.63. The molecule has 10 heavy (non-hydrogen) atoms. The topological polar surface area (TPSA) is 105 Å². The van der Waals surface area contributed by atoms with E-state index in [1.54, 1.807) is 0 Å². The van der Waals surface area contributed by atoms with Gasteiger partial charge in [0.15, 0.2) is 0 Å². The van der Waals surface area contributed by atoms with Crippen molar-refractivity contribution in [3.05, 3.63) is 0 Å². The minimum atomic E-state index is -0.627. The molecule has 1 saturated heterocycles. The number of carbonyl (C=O) groups excluding carboxylic acids is 1. The molecule has 0 saturated carbocycles. The second-order valence-corrected chi connectivity index (χ2v) is 2.33. The van der Waals surface area contributed by atoms with Gasteiger partial charge in [0.1, 0.15) is 0 Å². The van der Waals surface area contributed by atoms with Gasteiger partial charge in [0.25, 0.3) is 0 Å². The minimum Gasteiger partial charge on any atom is -0.387 e. The van der Waals surface area contributed by atoms with Gasteiger partial charge in [-0.25, -0.2) is 0 Å². The van der Waals surface area contributed by atoms with Crippen molar-refractivity contribution in [3.63, 3.8) is 0 Å². The summed E-state index contributed by atoms with van der Waals surface area (Å²) in [4.78, 5) is 10.7. The first-order valence-corrected chi connectivity index (χ1v) is 3.00. The number of nitrogens with two attached hydrogens (primary N) is 2. The van der Waals surface area contributed by atoms with Gasteiger partial charge in [-0.1, -0.05) is 0 Å². The van der Waals surface area contributed by atoms with Crippen molar-refractivity contribution >= 4 is 11.7 Å². The summed E-state index contributed by atoms with van der Waals surface area (Å²) in [6.45, 7) is 0.398. The van der Waals surface area contributed by atoms with Gasteiger partial charge in [0, 0.05) is 6.54 Å². The smallest absolute Gasteiger partial charge is 0.237 e. The van der Waals surface area contributed by atoms with E-state index in [-0.39, 0.29) is 17.7 Å². The molecule has 1 rings (SSSR count). The van der Waals surface area contributed by atoms with E-state index in [4.69, 9.17) is 16.9 Å². The number of carbonyl (C=O) groups is 1. The molecule has 0 bridgehead atoms. The second-order valence-electron chi connectivity index (χ2n) is 2.33. The van der Waals surface area contributed by atoms with E-state index in [0.29, 0.717) is 6.54 Å². The first-order chi connectivity index (χ1) is 4.63. The van der Waals surface area contributed by atoms with E-state index in [1.807, 2.05) is 0 Å². The van der Waals surface area contributed by atoms with Crippen LogP contribution in [0.15, 0.2) is 0 Å². The Labute approximate surface area is 58.3 Å². The fraction of sp³-hybridized carbons (Fsp3) is 0.600. The highest BCUT2D eigenvalue weighted by Gasteiger charge is 2.33. The van der Waals surface area contributed by atoms with E-state index < -0.39 is 6.04 Å². The monoisotopic (exact) mass is 142 g/mol. The molecule has 0 aromatic carbocycles. The number of amides is 1. The Morgan fingerprint density at radius 3 is 2.60 bits per heavy atom. The number of nitrogens with one attached hydrogen (secondary N) is 2. The summed E-state index contributed by atoms with van der Waals surface area (Å²) in [7, 11) is 0. The van der Waals surface area contributed by atoms with Crippen LogP contribution in [0.2, 0.25) is 0 Å². The average Bonchev–Trinajstić information content (AvgIpc) is 2.14. The average molecular weight is 142 g/mol. The molecule has 1 fully saturated rings. The van der Waals surface area contributed by atoms with Gasteiger partial charge in [-0.2, -0.15) is 0 Å². The quantitative estimate of drug-likeness (QED) is 0.251. The van der Waals surface area contributed by atoms with E-state index in [9.17, 15) is 4.79 Å². The van der Waals surface area contributed by atoms with Gasteiger partial charge >= 0.3 is 0 Å². The van der Waals surface area contributed by atoms with Crippen LogP contribution in [0.25, 0.3) is 0 Å². The van der Waals surface area contributed by atoms with Crippen LogP contribution in [-0.2, 0) is 4.79 Å². The molecule has 1 aliphatic heterocycles. The van der Waals surface area contributed by atoms with Gasteiger partial charge in [-0.15, -0.1) is 0 Å². The predicted octanol–water partition coefficient (Wildman–Crippen LogP) is -2.00. The molecule has 1 aliphatic rings. The van der Waals surface area contributed by atoms with Crippen molar-refractivity contribution in [1.29, 1.82) is 5.41 Å². The lowest BCUT2D eigenvalue weighted by molar-refractivity contribution is -0.120. The predicted molar refractivity (Wildman–Crippen MR) is 36.4 cm³/mol. The van der Waals surface area contributed by atoms with Crippen LogP contribution in [0.4, 0.5) is 0 Å². The van der Waals surface area contributed by atoms with E-state index >= 15 is 0 Å². The van der Waals surface area contributed by atoms with Crippen molar-refractivity contribution in [1.82, 2.24) is 5.32 Å². The number of rotatable bonds is 1. The third-order valence-electron chi connectivity index (χ3n) is 1.63. The van der Waals surface area contributed by atoms with Crippen LogP contribution in [-0.4, -0.2) is 24.3 Å². The molecule has 1 heterocycles. The fourth-order valence-electron chi connectivity index (χ4n) is 0.941. The lowest BCUT2D eigenvalue weighted by atomic mass is 10.0. The maximum atomic E-state index is 10.7. The van der Waals surface area contributed by atoms with Gasteiger partial charge in [-0.3, -0.25) is 10.2 Å². The summed E-state index contributed by atoms with van der Waals surface area (Å²) >= 11 is 0. The highest BCUT2D eigenvalue weighted by Crippen LogP contribution is 2.06. The number of hydrogen-bond acceptors (Lipinski definition) is 3. The number of amidine groups is 1. The van der Waals surface area contributed by atoms with Crippen molar-refractivity contribution < 1.29 is 4.79 Å². The third kappa shape index (κ3) is 0.950. The van der Waals surface area contributed by atoms with Crippen LogP contribution < -0.4 is 16.8 Å². The SMILES string of the molecule is N=C(N)C1CNC(=O)C1N. The first kappa shape index (κ1) is 7.01. The Hall–Kier alpha value is -1.10. The standard InChI is InChI=1S/C5H10N4O/c6-3-2(4(7)8)1-9-5(3)10/h2-3H,1,6H2,(H3,7,8)(H,9,10). The Bertz CT molecular complexity index is 178. The molecule has 56 valence electrons. The highest BCUT2D eigenvalue weighted by atomic mass is 16.2. The second kappa shape index (κ2) is 2.26. The van der Waals surface area contributed by atoms with Gasteiger partial charge in [-0.05, 0) is 0 Å². The van der Waals surface area contributed by atoms with E-state index in [1.165, 1.54) is 0 Å².